The second-order valence-electron chi connectivity index (χ2n) is 18.2. The van der Waals surface area contributed by atoms with E-state index >= 15 is 0 Å². The maximum Gasteiger partial charge on any atom is 0.573 e. The number of fused-ring (bicyclic) bond motifs is 1. The number of alkyl halides is 3. The monoisotopic (exact) mass is 1020 g/mol. The van der Waals surface area contributed by atoms with E-state index < -0.39 is 30.5 Å². The third-order valence-electron chi connectivity index (χ3n) is 12.5. The Kier molecular flexibility index (Phi) is 17.2. The van der Waals surface area contributed by atoms with Crippen LogP contribution in [0.15, 0.2) is 109 Å². The molecular formula is C54H58F3N7O8S. The predicted molar refractivity (Wildman–Crippen MR) is 269 cm³/mol. The molecule has 0 spiro atoms. The van der Waals surface area contributed by atoms with E-state index in [1.807, 2.05) is 75.4 Å². The number of rotatable bonds is 23. The van der Waals surface area contributed by atoms with Gasteiger partial charge in [0.2, 0.25) is 11.8 Å². The normalized spacial score (nSPS) is 15.9. The van der Waals surface area contributed by atoms with Crippen LogP contribution in [0.3, 0.4) is 0 Å². The smallest absolute Gasteiger partial charge is 0.494 e. The van der Waals surface area contributed by atoms with E-state index in [1.54, 1.807) is 28.6 Å². The first-order valence-corrected chi connectivity index (χ1v) is 25.2. The van der Waals surface area contributed by atoms with Gasteiger partial charge in [0.25, 0.3) is 5.91 Å². The first-order chi connectivity index (χ1) is 35.2. The average molecular weight is 1020 g/mol. The Morgan fingerprint density at radius 3 is 2.33 bits per heavy atom. The summed E-state index contributed by atoms with van der Waals surface area (Å²) in [6, 6.07) is 26.1. The van der Waals surface area contributed by atoms with Crippen molar-refractivity contribution in [1.82, 2.24) is 30.1 Å². The van der Waals surface area contributed by atoms with E-state index in [9.17, 15) is 32.7 Å². The highest BCUT2D eigenvalue weighted by Crippen LogP contribution is 2.34. The number of β-amino-alcohol motifs (C(OH)–C–C–N with tert-alkyl or cyclic N) is 1. The summed E-state index contributed by atoms with van der Waals surface area (Å²) < 4.78 is 59.7. The third kappa shape index (κ3) is 13.7. The van der Waals surface area contributed by atoms with Crippen molar-refractivity contribution in [1.29, 1.82) is 0 Å². The van der Waals surface area contributed by atoms with Gasteiger partial charge in [-0.25, -0.2) is 15.0 Å². The molecule has 3 atom stereocenters. The third-order valence-corrected chi connectivity index (χ3v) is 13.5. The number of aliphatic hydroxyl groups is 1. The zero-order chi connectivity index (χ0) is 51.5. The quantitative estimate of drug-likeness (QED) is 0.0519. The Bertz CT molecular complexity index is 2850. The van der Waals surface area contributed by atoms with Crippen LogP contribution < -0.4 is 24.8 Å². The number of nitrogens with one attached hydrogen (secondary N) is 2. The molecule has 2 aliphatic rings. The number of thiazole rings is 1. The molecule has 3 amide bonds. The Labute approximate surface area is 425 Å². The molecule has 3 N–H and O–H groups in total. The number of nitrogens with zero attached hydrogens (tertiary/aromatic N) is 5. The summed E-state index contributed by atoms with van der Waals surface area (Å²) in [6.45, 7) is 8.18. The van der Waals surface area contributed by atoms with Crippen LogP contribution in [0.5, 0.6) is 17.2 Å². The molecule has 384 valence electrons. The van der Waals surface area contributed by atoms with Crippen LogP contribution in [0.1, 0.15) is 73.1 Å². The van der Waals surface area contributed by atoms with Gasteiger partial charge in [0.15, 0.2) is 0 Å². The molecule has 1 unspecified atom stereocenters. The maximum absolute atomic E-state index is 14.3. The Morgan fingerprint density at radius 1 is 0.849 bits per heavy atom. The molecule has 19 heteroatoms. The number of halogens is 3. The lowest BCUT2D eigenvalue weighted by molar-refractivity contribution is -0.274. The maximum atomic E-state index is 14.3. The van der Waals surface area contributed by atoms with Crippen molar-refractivity contribution in [3.63, 3.8) is 0 Å². The molecular weight excluding hydrogens is 964 g/mol. The number of amides is 3. The van der Waals surface area contributed by atoms with Gasteiger partial charge in [-0.1, -0.05) is 44.2 Å². The van der Waals surface area contributed by atoms with Gasteiger partial charge in [-0.15, -0.1) is 24.5 Å². The highest BCUT2D eigenvalue weighted by Gasteiger charge is 2.46. The number of carbonyl (C=O) groups excluding carboxylic acids is 3. The van der Waals surface area contributed by atoms with Crippen molar-refractivity contribution < 1.29 is 51.6 Å². The van der Waals surface area contributed by atoms with Crippen LogP contribution in [0, 0.1) is 12.8 Å². The van der Waals surface area contributed by atoms with E-state index in [-0.39, 0.29) is 43.0 Å². The fraction of sp³-hybridized carbons (Fsp3) is 0.370. The van der Waals surface area contributed by atoms with Crippen LogP contribution in [0.25, 0.3) is 21.7 Å². The molecule has 4 aromatic carbocycles. The van der Waals surface area contributed by atoms with Gasteiger partial charge in [0.05, 0.1) is 41.1 Å². The topological polar surface area (TPSA) is 178 Å². The minimum absolute atomic E-state index is 0.00667. The van der Waals surface area contributed by atoms with Crippen LogP contribution in [0.2, 0.25) is 0 Å². The van der Waals surface area contributed by atoms with Gasteiger partial charge in [0, 0.05) is 67.7 Å². The molecule has 2 aliphatic heterocycles. The van der Waals surface area contributed by atoms with Crippen molar-refractivity contribution >= 4 is 40.6 Å². The van der Waals surface area contributed by atoms with Crippen LogP contribution >= 0.6 is 11.3 Å². The summed E-state index contributed by atoms with van der Waals surface area (Å²) in [5.74, 6) is 0.229. The average Bonchev–Trinajstić information content (AvgIpc) is 4.08. The van der Waals surface area contributed by atoms with E-state index in [0.29, 0.717) is 67.2 Å². The highest BCUT2D eigenvalue weighted by atomic mass is 32.1. The van der Waals surface area contributed by atoms with Crippen LogP contribution in [0.4, 0.5) is 24.7 Å². The first kappa shape index (κ1) is 52.2. The molecule has 73 heavy (non-hydrogen) atoms. The van der Waals surface area contributed by atoms with Crippen molar-refractivity contribution in [2.75, 3.05) is 38.3 Å². The van der Waals surface area contributed by atoms with Gasteiger partial charge in [0.1, 0.15) is 41.5 Å². The number of aryl methyl sites for hydroxylation is 1. The minimum Gasteiger partial charge on any atom is -0.494 e. The second-order valence-corrected chi connectivity index (χ2v) is 19.1. The van der Waals surface area contributed by atoms with Gasteiger partial charge in [-0.3, -0.25) is 14.4 Å². The Morgan fingerprint density at radius 2 is 1.60 bits per heavy atom. The lowest BCUT2D eigenvalue weighted by Crippen LogP contribution is -2.55. The Hall–Kier alpha value is -7.09. The summed E-state index contributed by atoms with van der Waals surface area (Å²) in [5.41, 5.74) is 7.77. The summed E-state index contributed by atoms with van der Waals surface area (Å²) >= 11 is 1.53. The number of carbonyl (C=O) groups is 3. The fourth-order valence-electron chi connectivity index (χ4n) is 8.94. The van der Waals surface area contributed by atoms with E-state index in [2.05, 4.69) is 30.3 Å². The lowest BCUT2D eigenvalue weighted by Gasteiger charge is -2.35. The molecule has 1 saturated heterocycles. The second kappa shape index (κ2) is 24.1. The number of aliphatic hydroxyl groups excluding tert-OH is 1. The standard InChI is InChI=1S/C54H58F3N7O8S/c1-34(2)49(64-30-38-11-4-5-14-44(38)52(64)67)53(68)63-31-41(65)27-46(63)51(66)58-29-39-25-37(50-35(3)61-33-73-50)15-20-47(39)71-24-9-7-22-69-21-6-8-23-70-43-13-10-12-36(26-43)45-28-48(60-32-59-45)62-40-16-18-42(19-17-40)72-54(55,56)57/h4-5,10-20,25-26,28,32-34,41,46,49,65H,6-9,21-24,27,29-31H2,1-3H3,(H,58,66)(H,59,60,62)/t41-,46+,49?/m1/s1. The zero-order valence-corrected chi connectivity index (χ0v) is 41.6. The van der Waals surface area contributed by atoms with Crippen molar-refractivity contribution in [3.8, 4) is 38.9 Å². The van der Waals surface area contributed by atoms with Gasteiger partial charge < -0.3 is 44.5 Å². The van der Waals surface area contributed by atoms with Crippen molar-refractivity contribution in [2.45, 2.75) is 90.5 Å². The number of hydrogen-bond acceptors (Lipinski definition) is 13. The molecule has 0 radical (unpaired) electrons. The number of aromatic nitrogens is 3. The van der Waals surface area contributed by atoms with Gasteiger partial charge in [-0.2, -0.15) is 0 Å². The number of benzene rings is 4. The van der Waals surface area contributed by atoms with E-state index in [4.69, 9.17) is 14.2 Å². The number of unbranched alkanes of at least 4 members (excludes halogenated alkanes) is 2. The summed E-state index contributed by atoms with van der Waals surface area (Å²) in [5, 5.41) is 16.9. The van der Waals surface area contributed by atoms with E-state index in [1.165, 1.54) is 46.8 Å². The molecule has 6 aromatic rings. The fourth-order valence-corrected chi connectivity index (χ4v) is 9.74. The molecule has 0 saturated carbocycles. The largest absolute Gasteiger partial charge is 0.573 e. The van der Waals surface area contributed by atoms with Gasteiger partial charge >= 0.3 is 6.36 Å². The molecule has 15 nitrogen and oxygen atoms in total. The van der Waals surface area contributed by atoms with Crippen LogP contribution in [-0.4, -0.2) is 105 Å². The lowest BCUT2D eigenvalue weighted by atomic mass is 10.0. The molecule has 1 fully saturated rings. The predicted octanol–water partition coefficient (Wildman–Crippen LogP) is 9.51. The molecule has 0 bridgehead atoms. The molecule has 2 aromatic heterocycles. The zero-order valence-electron chi connectivity index (χ0n) is 40.8. The summed E-state index contributed by atoms with van der Waals surface area (Å²) in [4.78, 5) is 58.8. The molecule has 4 heterocycles. The first-order valence-electron chi connectivity index (χ1n) is 24.3. The van der Waals surface area contributed by atoms with Gasteiger partial charge in [-0.05, 0) is 110 Å². The molecule has 8 rings (SSSR count). The number of ether oxygens (including phenoxy) is 4. The Balaban J connectivity index is 0.770. The SMILES string of the molecule is Cc1ncsc1-c1ccc(OCCCCOCCCCOc2cccc(-c3cc(Nc4ccc(OC(F)(F)F)cc4)ncn3)c2)c(CNC(=O)[C@@H]2C[C@@H](O)CN2C(=O)C(C(C)C)N2Cc3ccccc3C2=O)c1. The van der Waals surface area contributed by atoms with Crippen LogP contribution in [-0.2, 0) is 27.4 Å². The summed E-state index contributed by atoms with van der Waals surface area (Å²) in [7, 11) is 0. The molecule has 0 aliphatic carbocycles. The number of anilines is 2. The number of hydrogen-bond donors (Lipinski definition) is 3. The van der Waals surface area contributed by atoms with Crippen molar-refractivity contribution in [3.05, 3.63) is 131 Å². The number of likely N-dealkylation sites (tertiary alicyclic amines) is 1. The van der Waals surface area contributed by atoms with E-state index in [0.717, 1.165) is 58.5 Å². The highest BCUT2D eigenvalue weighted by molar-refractivity contribution is 7.13. The van der Waals surface area contributed by atoms with Crippen molar-refractivity contribution in [2.24, 2.45) is 5.92 Å². The minimum atomic E-state index is -4.77. The summed E-state index contributed by atoms with van der Waals surface area (Å²) in [6.07, 6.45) is -1.08.